The van der Waals surface area contributed by atoms with Gasteiger partial charge in [0.2, 0.25) is 5.88 Å². The first-order valence-electron chi connectivity index (χ1n) is 6.06. The third-order valence-corrected chi connectivity index (χ3v) is 2.88. The van der Waals surface area contributed by atoms with Crippen LogP contribution in [0.2, 0.25) is 0 Å². The summed E-state index contributed by atoms with van der Waals surface area (Å²) in [6.07, 6.45) is 1.83. The Morgan fingerprint density at radius 1 is 1.11 bits per heavy atom. The van der Waals surface area contributed by atoms with Crippen LogP contribution < -0.4 is 9.47 Å². The smallest absolute Gasteiger partial charge is 0.223 e. The van der Waals surface area contributed by atoms with E-state index in [0.717, 1.165) is 29.0 Å². The summed E-state index contributed by atoms with van der Waals surface area (Å²) in [5.41, 5.74) is 0. The molecule has 0 amide bonds. The summed E-state index contributed by atoms with van der Waals surface area (Å²) in [4.78, 5) is 8.66. The van der Waals surface area contributed by atoms with E-state index in [9.17, 15) is 0 Å². The molecule has 0 fully saturated rings. The fourth-order valence-electron chi connectivity index (χ4n) is 1.59. The van der Waals surface area contributed by atoms with E-state index in [0.29, 0.717) is 11.6 Å². The Hall–Kier alpha value is -1.62. The molecule has 0 spiro atoms. The number of methoxy groups -OCH3 is 1. The van der Waals surface area contributed by atoms with E-state index in [-0.39, 0.29) is 0 Å². The first kappa shape index (κ1) is 13.8. The summed E-state index contributed by atoms with van der Waals surface area (Å²) < 4.78 is 11.5. The number of nitrogens with zero attached hydrogens (tertiary/aromatic N) is 2. The van der Waals surface area contributed by atoms with E-state index in [2.05, 4.69) is 32.8 Å². The van der Waals surface area contributed by atoms with Crippen molar-refractivity contribution in [3.63, 3.8) is 0 Å². The van der Waals surface area contributed by atoms with Crippen molar-refractivity contribution in [1.29, 1.82) is 0 Å². The van der Waals surface area contributed by atoms with E-state index in [4.69, 9.17) is 9.47 Å². The molecule has 0 saturated heterocycles. The standard InChI is InChI=1S/C14H15BrN2O2/c1-3-4-13-16-12(15)9-14(17-13)19-11-7-5-10(18-2)6-8-11/h5-9H,3-4H2,1-2H3. The number of aryl methyl sites for hydroxylation is 1. The molecule has 5 heteroatoms. The number of halogens is 1. The van der Waals surface area contributed by atoms with Gasteiger partial charge in [-0.3, -0.25) is 0 Å². The maximum Gasteiger partial charge on any atom is 0.223 e. The molecule has 0 radical (unpaired) electrons. The van der Waals surface area contributed by atoms with Crippen LogP contribution in [0, 0.1) is 0 Å². The van der Waals surface area contributed by atoms with Crippen LogP contribution in [-0.2, 0) is 6.42 Å². The van der Waals surface area contributed by atoms with Crippen molar-refractivity contribution in [2.45, 2.75) is 19.8 Å². The predicted octanol–water partition coefficient (Wildman–Crippen LogP) is 3.99. The van der Waals surface area contributed by atoms with Crippen LogP contribution in [-0.4, -0.2) is 17.1 Å². The molecule has 2 aromatic rings. The van der Waals surface area contributed by atoms with Crippen molar-refractivity contribution < 1.29 is 9.47 Å². The van der Waals surface area contributed by atoms with Crippen LogP contribution in [0.4, 0.5) is 0 Å². The lowest BCUT2D eigenvalue weighted by atomic mass is 10.3. The Morgan fingerprint density at radius 2 is 1.79 bits per heavy atom. The number of aromatic nitrogens is 2. The SMILES string of the molecule is CCCc1nc(Br)cc(Oc2ccc(OC)cc2)n1. The number of rotatable bonds is 5. The van der Waals surface area contributed by atoms with Gasteiger partial charge < -0.3 is 9.47 Å². The summed E-state index contributed by atoms with van der Waals surface area (Å²) in [7, 11) is 1.63. The Bertz CT molecular complexity index is 544. The molecule has 0 aliphatic rings. The zero-order valence-corrected chi connectivity index (χ0v) is 12.5. The molecule has 0 unspecified atom stereocenters. The van der Waals surface area contributed by atoms with Gasteiger partial charge in [0.05, 0.1) is 7.11 Å². The third kappa shape index (κ3) is 3.92. The van der Waals surface area contributed by atoms with E-state index in [1.165, 1.54) is 0 Å². The number of hydrogen-bond donors (Lipinski definition) is 0. The van der Waals surface area contributed by atoms with Gasteiger partial charge in [-0.2, -0.15) is 4.98 Å². The van der Waals surface area contributed by atoms with Gasteiger partial charge in [0.25, 0.3) is 0 Å². The molecule has 19 heavy (non-hydrogen) atoms. The fraction of sp³-hybridized carbons (Fsp3) is 0.286. The lowest BCUT2D eigenvalue weighted by Crippen LogP contribution is -1.97. The van der Waals surface area contributed by atoms with E-state index >= 15 is 0 Å². The van der Waals surface area contributed by atoms with Crippen molar-refractivity contribution >= 4 is 15.9 Å². The molecule has 0 atom stereocenters. The summed E-state index contributed by atoms with van der Waals surface area (Å²) >= 11 is 3.37. The highest BCUT2D eigenvalue weighted by Gasteiger charge is 2.05. The normalized spacial score (nSPS) is 10.3. The molecule has 1 aromatic carbocycles. The number of benzene rings is 1. The van der Waals surface area contributed by atoms with Crippen molar-refractivity contribution in [3.8, 4) is 17.4 Å². The van der Waals surface area contributed by atoms with Gasteiger partial charge in [-0.1, -0.05) is 6.92 Å². The zero-order valence-electron chi connectivity index (χ0n) is 10.9. The second-order valence-corrected chi connectivity index (χ2v) is 4.79. The van der Waals surface area contributed by atoms with Crippen LogP contribution in [0.5, 0.6) is 17.4 Å². The van der Waals surface area contributed by atoms with Crippen LogP contribution in [0.1, 0.15) is 19.2 Å². The Labute approximate surface area is 120 Å². The van der Waals surface area contributed by atoms with E-state index in [1.807, 2.05) is 24.3 Å². The summed E-state index contributed by atoms with van der Waals surface area (Å²) in [6.45, 7) is 2.09. The van der Waals surface area contributed by atoms with E-state index < -0.39 is 0 Å². The lowest BCUT2D eigenvalue weighted by molar-refractivity contribution is 0.412. The first-order chi connectivity index (χ1) is 9.21. The zero-order chi connectivity index (χ0) is 13.7. The number of ether oxygens (including phenoxy) is 2. The molecule has 1 aromatic heterocycles. The maximum atomic E-state index is 5.71. The lowest BCUT2D eigenvalue weighted by Gasteiger charge is -2.07. The van der Waals surface area contributed by atoms with Crippen LogP contribution in [0.15, 0.2) is 34.9 Å². The topological polar surface area (TPSA) is 44.2 Å². The number of hydrogen-bond acceptors (Lipinski definition) is 4. The molecule has 4 nitrogen and oxygen atoms in total. The van der Waals surface area contributed by atoms with Crippen molar-refractivity contribution in [2.24, 2.45) is 0 Å². The van der Waals surface area contributed by atoms with Gasteiger partial charge >= 0.3 is 0 Å². The minimum Gasteiger partial charge on any atom is -0.497 e. The van der Waals surface area contributed by atoms with Crippen LogP contribution >= 0.6 is 15.9 Å². The summed E-state index contributed by atoms with van der Waals surface area (Å²) in [6, 6.07) is 9.13. The summed E-state index contributed by atoms with van der Waals surface area (Å²) in [5, 5.41) is 0. The summed E-state index contributed by atoms with van der Waals surface area (Å²) in [5.74, 6) is 2.83. The van der Waals surface area contributed by atoms with Gasteiger partial charge in [-0.25, -0.2) is 4.98 Å². The molecule has 0 aliphatic heterocycles. The first-order valence-corrected chi connectivity index (χ1v) is 6.86. The maximum absolute atomic E-state index is 5.71. The van der Waals surface area contributed by atoms with Crippen molar-refractivity contribution in [2.75, 3.05) is 7.11 Å². The molecule has 0 saturated carbocycles. The van der Waals surface area contributed by atoms with Gasteiger partial charge in [0.15, 0.2) is 0 Å². The van der Waals surface area contributed by atoms with Gasteiger partial charge in [-0.15, -0.1) is 0 Å². The van der Waals surface area contributed by atoms with Crippen LogP contribution in [0.3, 0.4) is 0 Å². The van der Waals surface area contributed by atoms with Gasteiger partial charge in [-0.05, 0) is 46.6 Å². The highest BCUT2D eigenvalue weighted by atomic mass is 79.9. The van der Waals surface area contributed by atoms with Gasteiger partial charge in [0, 0.05) is 12.5 Å². The predicted molar refractivity (Wildman–Crippen MR) is 76.8 cm³/mol. The molecule has 2 rings (SSSR count). The Kier molecular flexibility index (Phi) is 4.74. The highest BCUT2D eigenvalue weighted by molar-refractivity contribution is 9.10. The molecule has 1 heterocycles. The monoisotopic (exact) mass is 322 g/mol. The largest absolute Gasteiger partial charge is 0.497 e. The molecule has 0 N–H and O–H groups in total. The Balaban J connectivity index is 2.17. The van der Waals surface area contributed by atoms with Crippen molar-refractivity contribution in [1.82, 2.24) is 9.97 Å². The second-order valence-electron chi connectivity index (χ2n) is 3.97. The Morgan fingerprint density at radius 3 is 2.42 bits per heavy atom. The van der Waals surface area contributed by atoms with Gasteiger partial charge in [0.1, 0.15) is 21.9 Å². The molecular weight excluding hydrogens is 308 g/mol. The molecule has 100 valence electrons. The molecule has 0 aliphatic carbocycles. The molecular formula is C14H15BrN2O2. The average molecular weight is 323 g/mol. The fourth-order valence-corrected chi connectivity index (χ4v) is 1.99. The minimum atomic E-state index is 0.537. The highest BCUT2D eigenvalue weighted by Crippen LogP contribution is 2.24. The average Bonchev–Trinajstić information content (AvgIpc) is 2.39. The van der Waals surface area contributed by atoms with Crippen LogP contribution in [0.25, 0.3) is 0 Å². The third-order valence-electron chi connectivity index (χ3n) is 2.47. The quantitative estimate of drug-likeness (QED) is 0.781. The van der Waals surface area contributed by atoms with Crippen molar-refractivity contribution in [3.05, 3.63) is 40.8 Å². The second kappa shape index (κ2) is 6.52. The minimum absolute atomic E-state index is 0.537. The molecule has 0 bridgehead atoms. The van der Waals surface area contributed by atoms with E-state index in [1.54, 1.807) is 13.2 Å².